The topological polar surface area (TPSA) is 50.8 Å². The summed E-state index contributed by atoms with van der Waals surface area (Å²) < 4.78 is 5.97. The van der Waals surface area contributed by atoms with Gasteiger partial charge in [-0.25, -0.2) is 0 Å². The number of halogens is 1. The van der Waals surface area contributed by atoms with Crippen LogP contribution in [0, 0.1) is 0 Å². The number of nitrogens with two attached hydrogens (primary N) is 1. The van der Waals surface area contributed by atoms with Gasteiger partial charge in [-0.15, -0.1) is 0 Å². The SMILES string of the molecule is CC1CCC(C2CN=C(N)N2c2ccc(Cl)cc2)O1. The Morgan fingerprint density at radius 1 is 1.32 bits per heavy atom. The Hall–Kier alpha value is -1.26. The molecule has 102 valence electrons. The van der Waals surface area contributed by atoms with Gasteiger partial charge in [0.2, 0.25) is 0 Å². The molecule has 3 rings (SSSR count). The van der Waals surface area contributed by atoms with Crippen LogP contribution in [0.5, 0.6) is 0 Å². The fourth-order valence-electron chi connectivity index (χ4n) is 2.84. The minimum atomic E-state index is 0.200. The zero-order valence-electron chi connectivity index (χ0n) is 10.9. The number of rotatable bonds is 2. The van der Waals surface area contributed by atoms with Crippen molar-refractivity contribution >= 4 is 23.2 Å². The Balaban J connectivity index is 1.84. The van der Waals surface area contributed by atoms with Gasteiger partial charge < -0.3 is 15.4 Å². The van der Waals surface area contributed by atoms with Crippen molar-refractivity contribution in [1.29, 1.82) is 0 Å². The van der Waals surface area contributed by atoms with Crippen molar-refractivity contribution in [1.82, 2.24) is 0 Å². The molecule has 2 N–H and O–H groups in total. The van der Waals surface area contributed by atoms with Crippen LogP contribution in [-0.4, -0.2) is 30.8 Å². The lowest BCUT2D eigenvalue weighted by molar-refractivity contribution is 0.0440. The van der Waals surface area contributed by atoms with Crippen LogP contribution in [0.2, 0.25) is 5.02 Å². The van der Waals surface area contributed by atoms with Gasteiger partial charge in [0.1, 0.15) is 0 Å². The summed E-state index contributed by atoms with van der Waals surface area (Å²) in [5.74, 6) is 0.565. The zero-order chi connectivity index (χ0) is 13.4. The maximum atomic E-state index is 6.03. The van der Waals surface area contributed by atoms with Crippen molar-refractivity contribution in [2.75, 3.05) is 11.4 Å². The molecule has 1 fully saturated rings. The third-order valence-corrected chi connectivity index (χ3v) is 4.07. The number of ether oxygens (including phenoxy) is 1. The third-order valence-electron chi connectivity index (χ3n) is 3.82. The molecule has 0 amide bonds. The molecular weight excluding hydrogens is 262 g/mol. The van der Waals surface area contributed by atoms with E-state index in [1.807, 2.05) is 24.3 Å². The first-order valence-corrected chi connectivity index (χ1v) is 7.03. The molecule has 0 bridgehead atoms. The van der Waals surface area contributed by atoms with Gasteiger partial charge in [0, 0.05) is 10.7 Å². The van der Waals surface area contributed by atoms with Gasteiger partial charge in [0.05, 0.1) is 24.8 Å². The van der Waals surface area contributed by atoms with E-state index in [1.165, 1.54) is 0 Å². The molecule has 3 unspecified atom stereocenters. The fourth-order valence-corrected chi connectivity index (χ4v) is 2.97. The lowest BCUT2D eigenvalue weighted by Gasteiger charge is -2.30. The Bertz CT molecular complexity index is 488. The normalized spacial score (nSPS) is 30.7. The number of aliphatic imine (C=N–C) groups is 1. The summed E-state index contributed by atoms with van der Waals surface area (Å²) in [6.07, 6.45) is 2.71. The molecule has 2 aliphatic rings. The first kappa shape index (κ1) is 12.8. The molecule has 0 aromatic heterocycles. The van der Waals surface area contributed by atoms with Crippen molar-refractivity contribution in [3.05, 3.63) is 29.3 Å². The highest BCUT2D eigenvalue weighted by atomic mass is 35.5. The van der Waals surface area contributed by atoms with Crippen LogP contribution in [0.25, 0.3) is 0 Å². The van der Waals surface area contributed by atoms with Crippen LogP contribution < -0.4 is 10.6 Å². The lowest BCUT2D eigenvalue weighted by Crippen LogP contribution is -2.47. The molecule has 5 heteroatoms. The summed E-state index contributed by atoms with van der Waals surface area (Å²) >= 11 is 5.93. The highest BCUT2D eigenvalue weighted by Crippen LogP contribution is 2.30. The molecular formula is C14H18ClN3O. The number of hydrogen-bond donors (Lipinski definition) is 1. The van der Waals surface area contributed by atoms with Gasteiger partial charge in [-0.05, 0) is 44.0 Å². The van der Waals surface area contributed by atoms with E-state index < -0.39 is 0 Å². The second-order valence-corrected chi connectivity index (χ2v) is 5.61. The van der Waals surface area contributed by atoms with E-state index in [1.54, 1.807) is 0 Å². The Morgan fingerprint density at radius 2 is 2.05 bits per heavy atom. The van der Waals surface area contributed by atoms with Crippen molar-refractivity contribution in [2.45, 2.75) is 38.0 Å². The van der Waals surface area contributed by atoms with Gasteiger partial charge in [-0.1, -0.05) is 11.6 Å². The van der Waals surface area contributed by atoms with Gasteiger partial charge in [0.25, 0.3) is 0 Å². The Labute approximate surface area is 118 Å². The van der Waals surface area contributed by atoms with Crippen LogP contribution in [0.15, 0.2) is 29.3 Å². The molecule has 4 nitrogen and oxygen atoms in total. The highest BCUT2D eigenvalue weighted by Gasteiger charge is 2.38. The van der Waals surface area contributed by atoms with E-state index in [9.17, 15) is 0 Å². The van der Waals surface area contributed by atoms with Crippen LogP contribution in [0.3, 0.4) is 0 Å². The molecule has 0 saturated carbocycles. The number of nitrogens with zero attached hydrogens (tertiary/aromatic N) is 2. The van der Waals surface area contributed by atoms with Crippen molar-refractivity contribution in [3.8, 4) is 0 Å². The molecule has 1 aromatic carbocycles. The predicted molar refractivity (Wildman–Crippen MR) is 77.8 cm³/mol. The van der Waals surface area contributed by atoms with E-state index in [2.05, 4.69) is 16.8 Å². The lowest BCUT2D eigenvalue weighted by atomic mass is 10.1. The summed E-state index contributed by atoms with van der Waals surface area (Å²) in [7, 11) is 0. The van der Waals surface area contributed by atoms with Gasteiger partial charge in [-0.2, -0.15) is 0 Å². The second kappa shape index (κ2) is 5.02. The van der Waals surface area contributed by atoms with E-state index >= 15 is 0 Å². The molecule has 0 radical (unpaired) electrons. The average molecular weight is 280 g/mol. The quantitative estimate of drug-likeness (QED) is 0.904. The molecule has 2 aliphatic heterocycles. The first-order chi connectivity index (χ1) is 9.15. The number of guanidine groups is 1. The summed E-state index contributed by atoms with van der Waals surface area (Å²) in [6.45, 7) is 2.82. The number of benzene rings is 1. The number of anilines is 1. The Kier molecular flexibility index (Phi) is 3.37. The Morgan fingerprint density at radius 3 is 2.68 bits per heavy atom. The van der Waals surface area contributed by atoms with Crippen LogP contribution >= 0.6 is 11.6 Å². The smallest absolute Gasteiger partial charge is 0.196 e. The first-order valence-electron chi connectivity index (χ1n) is 6.65. The van der Waals surface area contributed by atoms with Crippen molar-refractivity contribution in [3.63, 3.8) is 0 Å². The van der Waals surface area contributed by atoms with Crippen LogP contribution in [-0.2, 0) is 4.74 Å². The van der Waals surface area contributed by atoms with Gasteiger partial charge in [-0.3, -0.25) is 4.99 Å². The summed E-state index contributed by atoms with van der Waals surface area (Å²) in [4.78, 5) is 6.44. The van der Waals surface area contributed by atoms with Crippen LogP contribution in [0.4, 0.5) is 5.69 Å². The second-order valence-electron chi connectivity index (χ2n) is 5.18. The summed E-state index contributed by atoms with van der Waals surface area (Å²) in [6, 6.07) is 7.89. The summed E-state index contributed by atoms with van der Waals surface area (Å²) in [5, 5.41) is 0.723. The predicted octanol–water partition coefficient (Wildman–Crippen LogP) is 2.41. The molecule has 1 aromatic rings. The summed E-state index contributed by atoms with van der Waals surface area (Å²) in [5.41, 5.74) is 7.05. The minimum absolute atomic E-state index is 0.200. The molecule has 0 aliphatic carbocycles. The van der Waals surface area contributed by atoms with Gasteiger partial charge in [0.15, 0.2) is 5.96 Å². The van der Waals surface area contributed by atoms with E-state index in [-0.39, 0.29) is 12.1 Å². The monoisotopic (exact) mass is 279 g/mol. The number of hydrogen-bond acceptors (Lipinski definition) is 4. The van der Waals surface area contributed by atoms with E-state index in [4.69, 9.17) is 22.1 Å². The van der Waals surface area contributed by atoms with E-state index in [0.717, 1.165) is 23.6 Å². The highest BCUT2D eigenvalue weighted by molar-refractivity contribution is 6.30. The molecule has 3 atom stereocenters. The fraction of sp³-hybridized carbons (Fsp3) is 0.500. The van der Waals surface area contributed by atoms with E-state index in [0.29, 0.717) is 18.6 Å². The van der Waals surface area contributed by atoms with Crippen molar-refractivity contribution < 1.29 is 4.74 Å². The minimum Gasteiger partial charge on any atom is -0.373 e. The van der Waals surface area contributed by atoms with Crippen LogP contribution in [0.1, 0.15) is 19.8 Å². The molecule has 1 saturated heterocycles. The maximum absolute atomic E-state index is 6.03. The zero-order valence-corrected chi connectivity index (χ0v) is 11.7. The largest absolute Gasteiger partial charge is 0.373 e. The molecule has 0 spiro atoms. The standard InChI is InChI=1S/C14H18ClN3O/c1-9-2-7-13(19-9)12-8-17-14(16)18(12)11-5-3-10(15)4-6-11/h3-6,9,12-13H,2,7-8H2,1H3,(H2,16,17). The average Bonchev–Trinajstić information content (AvgIpc) is 2.97. The third kappa shape index (κ3) is 2.42. The van der Waals surface area contributed by atoms with Gasteiger partial charge >= 0.3 is 0 Å². The maximum Gasteiger partial charge on any atom is 0.196 e. The molecule has 19 heavy (non-hydrogen) atoms. The molecule has 2 heterocycles. The van der Waals surface area contributed by atoms with Crippen molar-refractivity contribution in [2.24, 2.45) is 10.7 Å².